The van der Waals surface area contributed by atoms with Crippen LogP contribution in [0.5, 0.6) is 5.75 Å². The van der Waals surface area contributed by atoms with Gasteiger partial charge in [0.2, 0.25) is 5.13 Å². The Labute approximate surface area is 181 Å². The molecule has 0 unspecified atom stereocenters. The molecule has 156 valence electrons. The topological polar surface area (TPSA) is 64.1 Å². The van der Waals surface area contributed by atoms with Crippen molar-refractivity contribution in [2.45, 2.75) is 51.3 Å². The van der Waals surface area contributed by atoms with Crippen molar-refractivity contribution in [2.24, 2.45) is 0 Å². The van der Waals surface area contributed by atoms with Crippen LogP contribution in [-0.2, 0) is 0 Å². The van der Waals surface area contributed by atoms with E-state index in [0.29, 0.717) is 17.3 Å². The van der Waals surface area contributed by atoms with Crippen molar-refractivity contribution in [3.8, 4) is 5.75 Å². The highest BCUT2D eigenvalue weighted by atomic mass is 32.2. The van der Waals surface area contributed by atoms with Gasteiger partial charge < -0.3 is 4.74 Å². The summed E-state index contributed by atoms with van der Waals surface area (Å²) in [6.07, 6.45) is 7.52. The zero-order valence-electron chi connectivity index (χ0n) is 17.5. The minimum atomic E-state index is -0.199. The minimum Gasteiger partial charge on any atom is -0.490 e. The molecule has 5 nitrogen and oxygen atoms in total. The Morgan fingerprint density at radius 1 is 1.17 bits per heavy atom. The molecule has 1 amide bonds. The Morgan fingerprint density at radius 2 is 1.93 bits per heavy atom. The van der Waals surface area contributed by atoms with Crippen LogP contribution < -0.4 is 10.1 Å². The molecule has 0 bridgehead atoms. The smallest absolute Gasteiger partial charge is 0.257 e. The standard InChI is InChI=1S/C22H29N3O2S2/c1-5-15-28-22-25-24-21(29-22)23-20(26)18-9-11-19(12-10-18)27-14-13-17(4)8-6-7-16(2)3/h7,9-13H,5-6,8,14-15H2,1-4H3,(H,23,24,26)/b17-13+. The first kappa shape index (κ1) is 23.2. The van der Waals surface area contributed by atoms with Crippen LogP contribution in [0.1, 0.15) is 57.3 Å². The summed E-state index contributed by atoms with van der Waals surface area (Å²) < 4.78 is 6.62. The molecule has 2 rings (SSSR count). The molecule has 1 heterocycles. The van der Waals surface area contributed by atoms with Gasteiger partial charge in [-0.05, 0) is 70.4 Å². The van der Waals surface area contributed by atoms with Crippen molar-refractivity contribution >= 4 is 34.1 Å². The van der Waals surface area contributed by atoms with E-state index in [1.54, 1.807) is 23.9 Å². The molecule has 7 heteroatoms. The molecule has 0 saturated carbocycles. The molecule has 0 aliphatic carbocycles. The Bertz CT molecular complexity index is 838. The first-order chi connectivity index (χ1) is 14.0. The second kappa shape index (κ2) is 12.4. The molecule has 0 fully saturated rings. The number of rotatable bonds is 11. The number of amides is 1. The summed E-state index contributed by atoms with van der Waals surface area (Å²) in [5.74, 6) is 1.53. The third kappa shape index (κ3) is 8.83. The number of nitrogens with one attached hydrogen (secondary N) is 1. The lowest BCUT2D eigenvalue weighted by molar-refractivity contribution is 0.102. The maximum atomic E-state index is 12.4. The van der Waals surface area contributed by atoms with Crippen LogP contribution in [0.25, 0.3) is 0 Å². The van der Waals surface area contributed by atoms with Gasteiger partial charge in [-0.2, -0.15) is 0 Å². The molecule has 0 atom stereocenters. The minimum absolute atomic E-state index is 0.199. The largest absolute Gasteiger partial charge is 0.490 e. The van der Waals surface area contributed by atoms with Crippen molar-refractivity contribution in [2.75, 3.05) is 17.7 Å². The van der Waals surface area contributed by atoms with E-state index in [4.69, 9.17) is 4.74 Å². The summed E-state index contributed by atoms with van der Waals surface area (Å²) in [5, 5.41) is 11.4. The SMILES string of the molecule is CCCSc1nnc(NC(=O)c2ccc(OC/C=C(\C)CCC=C(C)C)cc2)s1. The van der Waals surface area contributed by atoms with Crippen molar-refractivity contribution in [3.05, 3.63) is 53.1 Å². The van der Waals surface area contributed by atoms with Crippen LogP contribution in [0.3, 0.4) is 0 Å². The predicted octanol–water partition coefficient (Wildman–Crippen LogP) is 6.36. The van der Waals surface area contributed by atoms with Crippen LogP contribution in [0.15, 0.2) is 51.9 Å². The highest BCUT2D eigenvalue weighted by Crippen LogP contribution is 2.26. The number of thioether (sulfide) groups is 1. The molecule has 1 aromatic carbocycles. The molecule has 0 saturated heterocycles. The number of hydrogen-bond acceptors (Lipinski definition) is 6. The van der Waals surface area contributed by atoms with Crippen LogP contribution in [0, 0.1) is 0 Å². The summed E-state index contributed by atoms with van der Waals surface area (Å²) in [6, 6.07) is 7.13. The van der Waals surface area contributed by atoms with Crippen LogP contribution >= 0.6 is 23.1 Å². The quantitative estimate of drug-likeness (QED) is 0.255. The molecule has 0 radical (unpaired) electrons. The summed E-state index contributed by atoms with van der Waals surface area (Å²) in [4.78, 5) is 12.4. The summed E-state index contributed by atoms with van der Waals surface area (Å²) in [6.45, 7) is 8.99. The molecule has 2 aromatic rings. The van der Waals surface area contributed by atoms with Crippen molar-refractivity contribution in [1.29, 1.82) is 0 Å². The van der Waals surface area contributed by atoms with E-state index in [0.717, 1.165) is 35.1 Å². The zero-order chi connectivity index (χ0) is 21.1. The lowest BCUT2D eigenvalue weighted by Gasteiger charge is -2.06. The number of ether oxygens (including phenoxy) is 1. The van der Waals surface area contributed by atoms with Crippen LogP contribution in [-0.4, -0.2) is 28.5 Å². The molecule has 0 spiro atoms. The van der Waals surface area contributed by atoms with E-state index in [1.807, 2.05) is 12.1 Å². The molecular formula is C22H29N3O2S2. The van der Waals surface area contributed by atoms with Gasteiger partial charge >= 0.3 is 0 Å². The average molecular weight is 432 g/mol. The first-order valence-corrected chi connectivity index (χ1v) is 11.6. The Balaban J connectivity index is 1.80. The van der Waals surface area contributed by atoms with Gasteiger partial charge in [-0.15, -0.1) is 10.2 Å². The number of carbonyl (C=O) groups excluding carboxylic acids is 1. The van der Waals surface area contributed by atoms with Crippen LogP contribution in [0.2, 0.25) is 0 Å². The molecule has 0 aliphatic rings. The molecular weight excluding hydrogens is 402 g/mol. The second-order valence-electron chi connectivity index (χ2n) is 6.88. The van der Waals surface area contributed by atoms with E-state index >= 15 is 0 Å². The van der Waals surface area contributed by atoms with Gasteiger partial charge in [0.1, 0.15) is 12.4 Å². The van der Waals surface area contributed by atoms with E-state index in [-0.39, 0.29) is 5.91 Å². The third-order valence-corrected chi connectivity index (χ3v) is 6.12. The average Bonchev–Trinajstić information content (AvgIpc) is 3.13. The molecule has 1 N–H and O–H groups in total. The number of carbonyl (C=O) groups is 1. The molecule has 29 heavy (non-hydrogen) atoms. The van der Waals surface area contributed by atoms with Gasteiger partial charge in [0.05, 0.1) is 0 Å². The number of allylic oxidation sites excluding steroid dienone is 3. The van der Waals surface area contributed by atoms with Gasteiger partial charge in [-0.1, -0.05) is 47.2 Å². The van der Waals surface area contributed by atoms with Gasteiger partial charge in [-0.25, -0.2) is 0 Å². The fraction of sp³-hybridized carbons (Fsp3) is 0.409. The van der Waals surface area contributed by atoms with Crippen molar-refractivity contribution in [1.82, 2.24) is 10.2 Å². The summed E-state index contributed by atoms with van der Waals surface area (Å²) >= 11 is 3.04. The van der Waals surface area contributed by atoms with Gasteiger partial charge in [0.15, 0.2) is 4.34 Å². The van der Waals surface area contributed by atoms with E-state index in [9.17, 15) is 4.79 Å². The lowest BCUT2D eigenvalue weighted by atomic mass is 10.1. The highest BCUT2D eigenvalue weighted by molar-refractivity contribution is 8.01. The number of hydrogen-bond donors (Lipinski definition) is 1. The normalized spacial score (nSPS) is 11.2. The third-order valence-electron chi connectivity index (χ3n) is 3.95. The Morgan fingerprint density at radius 3 is 2.62 bits per heavy atom. The Kier molecular flexibility index (Phi) is 9.94. The second-order valence-corrected chi connectivity index (χ2v) is 9.20. The fourth-order valence-electron chi connectivity index (χ4n) is 2.35. The van der Waals surface area contributed by atoms with Gasteiger partial charge in [-0.3, -0.25) is 10.1 Å². The Hall–Kier alpha value is -2.12. The fourth-order valence-corrected chi connectivity index (χ4v) is 4.02. The predicted molar refractivity (Wildman–Crippen MR) is 123 cm³/mol. The molecule has 0 aliphatic heterocycles. The van der Waals surface area contributed by atoms with Crippen molar-refractivity contribution < 1.29 is 9.53 Å². The number of benzene rings is 1. The van der Waals surface area contributed by atoms with E-state index in [1.165, 1.54) is 22.5 Å². The maximum absolute atomic E-state index is 12.4. The van der Waals surface area contributed by atoms with E-state index < -0.39 is 0 Å². The van der Waals surface area contributed by atoms with Crippen LogP contribution in [0.4, 0.5) is 5.13 Å². The maximum Gasteiger partial charge on any atom is 0.257 e. The summed E-state index contributed by atoms with van der Waals surface area (Å²) in [5.41, 5.74) is 3.22. The summed E-state index contributed by atoms with van der Waals surface area (Å²) in [7, 11) is 0. The van der Waals surface area contributed by atoms with E-state index in [2.05, 4.69) is 55.4 Å². The zero-order valence-corrected chi connectivity index (χ0v) is 19.2. The monoisotopic (exact) mass is 431 g/mol. The molecule has 1 aromatic heterocycles. The number of anilines is 1. The number of aromatic nitrogens is 2. The lowest BCUT2D eigenvalue weighted by Crippen LogP contribution is -2.11. The van der Waals surface area contributed by atoms with Gasteiger partial charge in [0, 0.05) is 11.3 Å². The highest BCUT2D eigenvalue weighted by Gasteiger charge is 2.10. The van der Waals surface area contributed by atoms with Crippen molar-refractivity contribution in [3.63, 3.8) is 0 Å². The number of nitrogens with zero attached hydrogens (tertiary/aromatic N) is 2. The van der Waals surface area contributed by atoms with Gasteiger partial charge in [0.25, 0.3) is 5.91 Å². The first-order valence-electron chi connectivity index (χ1n) is 9.77.